The highest BCUT2D eigenvalue weighted by Gasteiger charge is 2.32. The fourth-order valence-electron chi connectivity index (χ4n) is 5.40. The number of allylic oxidation sites excluding steroid dienone is 1. The molecule has 2 heterocycles. The maximum absolute atomic E-state index is 14.3. The number of fused-ring (bicyclic) bond motifs is 1. The van der Waals surface area contributed by atoms with Gasteiger partial charge in [0.15, 0.2) is 16.3 Å². The molecular weight excluding hydrogens is 634 g/mol. The van der Waals surface area contributed by atoms with E-state index in [0.29, 0.717) is 60.7 Å². The van der Waals surface area contributed by atoms with E-state index < -0.39 is 6.04 Å². The zero-order valence-electron chi connectivity index (χ0n) is 26.0. The molecular formula is C37H32ClN3O5S. The van der Waals surface area contributed by atoms with Crippen LogP contribution in [0.15, 0.2) is 118 Å². The largest absolute Gasteiger partial charge is 0.494 e. The molecule has 8 nitrogen and oxygen atoms in total. The van der Waals surface area contributed by atoms with E-state index in [1.54, 1.807) is 36.8 Å². The summed E-state index contributed by atoms with van der Waals surface area (Å²) < 4.78 is 19.5. The Hall–Kier alpha value is -5.12. The van der Waals surface area contributed by atoms with Gasteiger partial charge in [-0.2, -0.15) is 0 Å². The normalized spacial score (nSPS) is 14.3. The predicted molar refractivity (Wildman–Crippen MR) is 185 cm³/mol. The average molecular weight is 666 g/mol. The lowest BCUT2D eigenvalue weighted by atomic mass is 9.95. The number of ether oxygens (including phenoxy) is 3. The molecule has 0 unspecified atom stereocenters. The Balaban J connectivity index is 1.45. The van der Waals surface area contributed by atoms with E-state index in [4.69, 9.17) is 30.8 Å². The summed E-state index contributed by atoms with van der Waals surface area (Å²) in [7, 11) is 1.57. The van der Waals surface area contributed by atoms with Gasteiger partial charge in [-0.25, -0.2) is 4.99 Å². The van der Waals surface area contributed by atoms with Crippen LogP contribution in [0.4, 0.5) is 5.69 Å². The van der Waals surface area contributed by atoms with Gasteiger partial charge in [0.05, 0.1) is 35.6 Å². The van der Waals surface area contributed by atoms with Gasteiger partial charge in [0.2, 0.25) is 0 Å². The van der Waals surface area contributed by atoms with Crippen molar-refractivity contribution in [1.82, 2.24) is 4.57 Å². The monoisotopic (exact) mass is 665 g/mol. The van der Waals surface area contributed by atoms with Crippen molar-refractivity contribution in [3.63, 3.8) is 0 Å². The summed E-state index contributed by atoms with van der Waals surface area (Å²) in [5.41, 5.74) is 3.61. The van der Waals surface area contributed by atoms with Crippen LogP contribution in [-0.2, 0) is 11.4 Å². The number of nitrogens with zero attached hydrogens (tertiary/aromatic N) is 2. The molecule has 47 heavy (non-hydrogen) atoms. The van der Waals surface area contributed by atoms with Crippen molar-refractivity contribution in [3.8, 4) is 17.2 Å². The molecule has 10 heteroatoms. The maximum atomic E-state index is 14.3. The first-order chi connectivity index (χ1) is 22.9. The van der Waals surface area contributed by atoms with Crippen molar-refractivity contribution in [2.75, 3.05) is 19.0 Å². The highest BCUT2D eigenvalue weighted by Crippen LogP contribution is 2.34. The molecule has 4 aromatic carbocycles. The molecule has 0 spiro atoms. The quantitative estimate of drug-likeness (QED) is 0.184. The molecule has 1 N–H and O–H groups in total. The molecule has 1 atom stereocenters. The molecule has 0 fully saturated rings. The molecule has 0 radical (unpaired) electrons. The summed E-state index contributed by atoms with van der Waals surface area (Å²) in [5, 5.41) is 3.62. The van der Waals surface area contributed by atoms with Crippen LogP contribution < -0.4 is 34.4 Å². The van der Waals surface area contributed by atoms with E-state index in [2.05, 4.69) is 5.32 Å². The number of aromatic nitrogens is 1. The van der Waals surface area contributed by atoms with Crippen LogP contribution in [0, 0.1) is 0 Å². The second-order valence-corrected chi connectivity index (χ2v) is 12.1. The minimum atomic E-state index is -0.723. The third-order valence-corrected chi connectivity index (χ3v) is 8.85. The topological polar surface area (TPSA) is 91.2 Å². The highest BCUT2D eigenvalue weighted by molar-refractivity contribution is 7.07. The summed E-state index contributed by atoms with van der Waals surface area (Å²) in [6.07, 6.45) is 1.78. The Kier molecular flexibility index (Phi) is 9.56. The Labute approximate surface area is 280 Å². The lowest BCUT2D eigenvalue weighted by Gasteiger charge is -2.25. The van der Waals surface area contributed by atoms with Gasteiger partial charge in [-0.15, -0.1) is 0 Å². The SMILES string of the molecule is CCOc1ccc([C@@H]2C(C(=O)Nc3ccccc3)=C(C)N=c3s/c(=C\c4cccc(OC)c4OCc4ccc(Cl)cc4)c(=O)n32)cc1. The third kappa shape index (κ3) is 6.86. The first-order valence-electron chi connectivity index (χ1n) is 15.0. The number of carbonyl (C=O) groups is 1. The van der Waals surface area contributed by atoms with E-state index in [0.717, 1.165) is 11.1 Å². The molecule has 238 valence electrons. The molecule has 0 saturated carbocycles. The number of methoxy groups -OCH3 is 1. The third-order valence-electron chi connectivity index (χ3n) is 7.62. The Morgan fingerprint density at radius 3 is 2.43 bits per heavy atom. The molecule has 1 aliphatic rings. The van der Waals surface area contributed by atoms with Gasteiger partial charge >= 0.3 is 0 Å². The van der Waals surface area contributed by atoms with Crippen LogP contribution in [0.5, 0.6) is 17.2 Å². The molecule has 5 aromatic rings. The van der Waals surface area contributed by atoms with E-state index in [-0.39, 0.29) is 18.1 Å². The number of hydrogen-bond donors (Lipinski definition) is 1. The fourth-order valence-corrected chi connectivity index (χ4v) is 6.56. The molecule has 1 amide bonds. The van der Waals surface area contributed by atoms with Crippen LogP contribution in [0.3, 0.4) is 0 Å². The number of benzene rings is 4. The van der Waals surface area contributed by atoms with Gasteiger partial charge < -0.3 is 19.5 Å². The number of nitrogens with one attached hydrogen (secondary N) is 1. The zero-order chi connectivity index (χ0) is 32.9. The number of rotatable bonds is 10. The molecule has 0 bridgehead atoms. The second-order valence-electron chi connectivity index (χ2n) is 10.7. The first kappa shape index (κ1) is 31.8. The first-order valence-corrected chi connectivity index (χ1v) is 16.2. The van der Waals surface area contributed by atoms with Crippen LogP contribution in [0.2, 0.25) is 5.02 Å². The van der Waals surface area contributed by atoms with Crippen molar-refractivity contribution in [2.24, 2.45) is 4.99 Å². The average Bonchev–Trinajstić information content (AvgIpc) is 3.38. The maximum Gasteiger partial charge on any atom is 0.271 e. The highest BCUT2D eigenvalue weighted by atomic mass is 35.5. The molecule has 0 aliphatic carbocycles. The molecule has 0 saturated heterocycles. The molecule has 1 aliphatic heterocycles. The Morgan fingerprint density at radius 1 is 0.979 bits per heavy atom. The number of amides is 1. The van der Waals surface area contributed by atoms with Crippen LogP contribution >= 0.6 is 22.9 Å². The van der Waals surface area contributed by atoms with Crippen LogP contribution in [0.1, 0.15) is 36.6 Å². The Morgan fingerprint density at radius 2 is 1.72 bits per heavy atom. The standard InChI is InChI=1S/C37H32ClN3O5S/c1-4-45-29-19-15-25(16-20-29)33-32(35(42)40-28-10-6-5-7-11-28)23(2)39-37-41(33)36(43)31(47-37)21-26-9-8-12-30(44-3)34(26)46-22-24-13-17-27(38)18-14-24/h5-21,33H,4,22H2,1-3H3,(H,40,42)/b31-21-/t33-/m1/s1. The Bertz CT molecular complexity index is 2120. The lowest BCUT2D eigenvalue weighted by Crippen LogP contribution is -2.40. The van der Waals surface area contributed by atoms with Crippen molar-refractivity contribution in [2.45, 2.75) is 26.5 Å². The summed E-state index contributed by atoms with van der Waals surface area (Å²) in [5.74, 6) is 1.39. The van der Waals surface area contributed by atoms with Gasteiger partial charge in [0.25, 0.3) is 11.5 Å². The van der Waals surface area contributed by atoms with E-state index in [1.165, 1.54) is 11.3 Å². The van der Waals surface area contributed by atoms with Gasteiger partial charge in [-0.05, 0) is 73.5 Å². The fraction of sp³-hybridized carbons (Fsp3) is 0.162. The van der Waals surface area contributed by atoms with Crippen LogP contribution in [-0.4, -0.2) is 24.2 Å². The number of para-hydroxylation sites is 2. The molecule has 1 aromatic heterocycles. The van der Waals surface area contributed by atoms with Gasteiger partial charge in [-0.3, -0.25) is 14.2 Å². The minimum absolute atomic E-state index is 0.274. The van der Waals surface area contributed by atoms with Gasteiger partial charge in [-0.1, -0.05) is 77.5 Å². The van der Waals surface area contributed by atoms with Crippen molar-refractivity contribution >= 4 is 40.6 Å². The summed E-state index contributed by atoms with van der Waals surface area (Å²) in [4.78, 5) is 33.4. The number of anilines is 1. The summed E-state index contributed by atoms with van der Waals surface area (Å²) in [6.45, 7) is 4.51. The van der Waals surface area contributed by atoms with Crippen molar-refractivity contribution in [1.29, 1.82) is 0 Å². The van der Waals surface area contributed by atoms with Gasteiger partial charge in [0, 0.05) is 16.3 Å². The summed E-state index contributed by atoms with van der Waals surface area (Å²) in [6, 6.07) is 28.9. The second kappa shape index (κ2) is 14.1. The smallest absolute Gasteiger partial charge is 0.271 e. The van der Waals surface area contributed by atoms with Crippen molar-refractivity contribution in [3.05, 3.63) is 150 Å². The van der Waals surface area contributed by atoms with Crippen molar-refractivity contribution < 1.29 is 19.0 Å². The van der Waals surface area contributed by atoms with E-state index in [9.17, 15) is 9.59 Å². The van der Waals surface area contributed by atoms with Gasteiger partial charge in [0.1, 0.15) is 12.4 Å². The summed E-state index contributed by atoms with van der Waals surface area (Å²) >= 11 is 7.31. The zero-order valence-corrected chi connectivity index (χ0v) is 27.6. The number of thiazole rings is 1. The van der Waals surface area contributed by atoms with Crippen LogP contribution in [0.25, 0.3) is 6.08 Å². The number of carbonyl (C=O) groups excluding carboxylic acids is 1. The molecule has 6 rings (SSSR count). The number of hydrogen-bond acceptors (Lipinski definition) is 7. The minimum Gasteiger partial charge on any atom is -0.494 e. The van der Waals surface area contributed by atoms with E-state index >= 15 is 0 Å². The predicted octanol–water partition coefficient (Wildman–Crippen LogP) is 6.51. The lowest BCUT2D eigenvalue weighted by molar-refractivity contribution is -0.113. The van der Waals surface area contributed by atoms with E-state index in [1.807, 2.05) is 91.9 Å². The number of halogens is 1.